The maximum Gasteiger partial charge on any atom is 0.224 e. The Labute approximate surface area is 161 Å². The van der Waals surface area contributed by atoms with E-state index in [9.17, 15) is 18.0 Å². The molecule has 5 nitrogen and oxygen atoms in total. The van der Waals surface area contributed by atoms with Crippen LogP contribution in [0.4, 0.5) is 24.5 Å². The number of ether oxygens (including phenoxy) is 1. The number of benzene rings is 2. The molecular weight excluding hydrogens is 371 g/mol. The first-order chi connectivity index (χ1) is 13.5. The molecular formula is C20H22F3N3O2. The summed E-state index contributed by atoms with van der Waals surface area (Å²) in [4.78, 5) is 16.3. The molecule has 0 saturated carbocycles. The number of nitrogens with zero attached hydrogens (tertiary/aromatic N) is 2. The van der Waals surface area contributed by atoms with Gasteiger partial charge in [0, 0.05) is 44.8 Å². The van der Waals surface area contributed by atoms with E-state index in [1.807, 2.05) is 24.3 Å². The lowest BCUT2D eigenvalue weighted by Gasteiger charge is -2.36. The summed E-state index contributed by atoms with van der Waals surface area (Å²) >= 11 is 0. The van der Waals surface area contributed by atoms with Crippen LogP contribution in [0.25, 0.3) is 0 Å². The van der Waals surface area contributed by atoms with Crippen LogP contribution in [0.2, 0.25) is 0 Å². The van der Waals surface area contributed by atoms with E-state index in [4.69, 9.17) is 4.74 Å². The Hall–Kier alpha value is -2.90. The van der Waals surface area contributed by atoms with Crippen LogP contribution in [-0.2, 0) is 4.79 Å². The monoisotopic (exact) mass is 393 g/mol. The van der Waals surface area contributed by atoms with Crippen molar-refractivity contribution in [3.8, 4) is 5.75 Å². The Morgan fingerprint density at radius 2 is 1.68 bits per heavy atom. The van der Waals surface area contributed by atoms with E-state index in [2.05, 4.69) is 10.2 Å². The third kappa shape index (κ3) is 4.49. The van der Waals surface area contributed by atoms with E-state index in [1.165, 1.54) is 0 Å². The maximum absolute atomic E-state index is 13.6. The summed E-state index contributed by atoms with van der Waals surface area (Å²) < 4.78 is 44.9. The summed E-state index contributed by atoms with van der Waals surface area (Å²) in [5.41, 5.74) is 0.916. The molecule has 3 rings (SSSR count). The molecule has 1 heterocycles. The standard InChI is InChI=1S/C20H22F3N3O2/c1-28-15-4-2-14(3-5-15)25-10-12-26(13-11-25)18(27)8-9-24-17-7-6-16(21)19(22)20(17)23/h2-7,24H,8-13H2,1H3. The lowest BCUT2D eigenvalue weighted by atomic mass is 10.2. The Kier molecular flexibility index (Phi) is 6.28. The fraction of sp³-hybridized carbons (Fsp3) is 0.350. The van der Waals surface area contributed by atoms with Crippen LogP contribution < -0.4 is 15.0 Å². The second-order valence-electron chi connectivity index (χ2n) is 6.47. The van der Waals surface area contributed by atoms with Gasteiger partial charge in [0.2, 0.25) is 5.91 Å². The number of anilines is 2. The normalized spacial score (nSPS) is 14.1. The fourth-order valence-electron chi connectivity index (χ4n) is 3.13. The summed E-state index contributed by atoms with van der Waals surface area (Å²) in [6.45, 7) is 2.74. The van der Waals surface area contributed by atoms with Crippen molar-refractivity contribution in [1.29, 1.82) is 0 Å². The predicted molar refractivity (Wildman–Crippen MR) is 101 cm³/mol. The van der Waals surface area contributed by atoms with Crippen LogP contribution >= 0.6 is 0 Å². The summed E-state index contributed by atoms with van der Waals surface area (Å²) in [7, 11) is 1.62. The van der Waals surface area contributed by atoms with Crippen molar-refractivity contribution >= 4 is 17.3 Å². The van der Waals surface area contributed by atoms with Crippen LogP contribution in [0, 0.1) is 17.5 Å². The third-order valence-corrected chi connectivity index (χ3v) is 4.76. The molecule has 2 aromatic carbocycles. The number of carbonyl (C=O) groups is 1. The van der Waals surface area contributed by atoms with Gasteiger partial charge in [-0.25, -0.2) is 13.2 Å². The second-order valence-corrected chi connectivity index (χ2v) is 6.47. The minimum Gasteiger partial charge on any atom is -0.497 e. The van der Waals surface area contributed by atoms with E-state index in [1.54, 1.807) is 12.0 Å². The first kappa shape index (κ1) is 19.9. The van der Waals surface area contributed by atoms with E-state index in [-0.39, 0.29) is 24.6 Å². The Bertz CT molecular complexity index is 822. The highest BCUT2D eigenvalue weighted by Gasteiger charge is 2.21. The van der Waals surface area contributed by atoms with Gasteiger partial charge in [-0.3, -0.25) is 4.79 Å². The first-order valence-corrected chi connectivity index (χ1v) is 9.03. The van der Waals surface area contributed by atoms with Crippen LogP contribution in [0.3, 0.4) is 0 Å². The number of rotatable bonds is 6. The largest absolute Gasteiger partial charge is 0.497 e. The maximum atomic E-state index is 13.6. The van der Waals surface area contributed by atoms with Crippen LogP contribution in [0.15, 0.2) is 36.4 Å². The van der Waals surface area contributed by atoms with Gasteiger partial charge >= 0.3 is 0 Å². The third-order valence-electron chi connectivity index (χ3n) is 4.76. The number of amides is 1. The Morgan fingerprint density at radius 1 is 1.00 bits per heavy atom. The Morgan fingerprint density at radius 3 is 2.32 bits per heavy atom. The van der Waals surface area contributed by atoms with Crippen molar-refractivity contribution < 1.29 is 22.7 Å². The smallest absolute Gasteiger partial charge is 0.224 e. The summed E-state index contributed by atoms with van der Waals surface area (Å²) in [5, 5.41) is 2.64. The minimum absolute atomic E-state index is 0.0649. The summed E-state index contributed by atoms with van der Waals surface area (Å²) in [5.74, 6) is -3.31. The molecule has 8 heteroatoms. The first-order valence-electron chi connectivity index (χ1n) is 9.03. The summed E-state index contributed by atoms with van der Waals surface area (Å²) in [6.07, 6.45) is 0.140. The molecule has 0 unspecified atom stereocenters. The van der Waals surface area contributed by atoms with Gasteiger partial charge in [-0.15, -0.1) is 0 Å². The molecule has 0 aliphatic carbocycles. The zero-order chi connectivity index (χ0) is 20.1. The van der Waals surface area contributed by atoms with E-state index >= 15 is 0 Å². The number of carbonyl (C=O) groups excluding carboxylic acids is 1. The van der Waals surface area contributed by atoms with Gasteiger partial charge in [-0.1, -0.05) is 0 Å². The van der Waals surface area contributed by atoms with Crippen LogP contribution in [-0.4, -0.2) is 50.6 Å². The van der Waals surface area contributed by atoms with E-state index in [0.717, 1.165) is 23.6 Å². The van der Waals surface area contributed by atoms with Crippen molar-refractivity contribution in [3.05, 3.63) is 53.8 Å². The topological polar surface area (TPSA) is 44.8 Å². The van der Waals surface area contributed by atoms with Gasteiger partial charge in [-0.05, 0) is 36.4 Å². The molecule has 2 aromatic rings. The van der Waals surface area contributed by atoms with Gasteiger partial charge < -0.3 is 19.9 Å². The SMILES string of the molecule is COc1ccc(N2CCN(C(=O)CCNc3ccc(F)c(F)c3F)CC2)cc1. The molecule has 0 atom stereocenters. The van der Waals surface area contributed by atoms with Gasteiger partial charge in [0.25, 0.3) is 0 Å². The molecule has 1 fully saturated rings. The molecule has 0 spiro atoms. The minimum atomic E-state index is -1.52. The molecule has 1 amide bonds. The van der Waals surface area contributed by atoms with E-state index < -0.39 is 17.5 Å². The molecule has 1 aliphatic heterocycles. The zero-order valence-electron chi connectivity index (χ0n) is 15.6. The highest BCUT2D eigenvalue weighted by atomic mass is 19.2. The predicted octanol–water partition coefficient (Wildman–Crippen LogP) is 3.26. The number of hydrogen-bond acceptors (Lipinski definition) is 4. The average molecular weight is 393 g/mol. The van der Waals surface area contributed by atoms with Gasteiger partial charge in [0.15, 0.2) is 17.5 Å². The number of nitrogens with one attached hydrogen (secondary N) is 1. The lowest BCUT2D eigenvalue weighted by molar-refractivity contribution is -0.131. The van der Waals surface area contributed by atoms with Crippen molar-refractivity contribution in [2.24, 2.45) is 0 Å². The zero-order valence-corrected chi connectivity index (χ0v) is 15.6. The molecule has 1 saturated heterocycles. The second kappa shape index (κ2) is 8.86. The number of methoxy groups -OCH3 is 1. The molecule has 0 aromatic heterocycles. The fourth-order valence-corrected chi connectivity index (χ4v) is 3.13. The average Bonchev–Trinajstić information content (AvgIpc) is 2.74. The van der Waals surface area contributed by atoms with Gasteiger partial charge in [-0.2, -0.15) is 0 Å². The number of hydrogen-bond donors (Lipinski definition) is 1. The van der Waals surface area contributed by atoms with Crippen LogP contribution in [0.5, 0.6) is 5.75 Å². The van der Waals surface area contributed by atoms with Crippen molar-refractivity contribution in [2.45, 2.75) is 6.42 Å². The molecule has 150 valence electrons. The molecule has 28 heavy (non-hydrogen) atoms. The quantitative estimate of drug-likeness (QED) is 0.766. The lowest BCUT2D eigenvalue weighted by Crippen LogP contribution is -2.49. The number of piperazine rings is 1. The van der Waals surface area contributed by atoms with Crippen molar-refractivity contribution in [3.63, 3.8) is 0 Å². The molecule has 1 N–H and O–H groups in total. The highest BCUT2D eigenvalue weighted by molar-refractivity contribution is 5.77. The van der Waals surface area contributed by atoms with Crippen molar-refractivity contribution in [2.75, 3.05) is 50.1 Å². The highest BCUT2D eigenvalue weighted by Crippen LogP contribution is 2.21. The molecule has 0 bridgehead atoms. The van der Waals surface area contributed by atoms with E-state index in [0.29, 0.717) is 26.2 Å². The molecule has 1 aliphatic rings. The summed E-state index contributed by atoms with van der Waals surface area (Å²) in [6, 6.07) is 9.73. The van der Waals surface area contributed by atoms with Gasteiger partial charge in [0.1, 0.15) is 5.75 Å². The van der Waals surface area contributed by atoms with Gasteiger partial charge in [0.05, 0.1) is 12.8 Å². The van der Waals surface area contributed by atoms with Crippen molar-refractivity contribution in [1.82, 2.24) is 4.90 Å². The Balaban J connectivity index is 1.45. The molecule has 0 radical (unpaired) electrons. The number of halogens is 3. The van der Waals surface area contributed by atoms with Crippen LogP contribution in [0.1, 0.15) is 6.42 Å².